The maximum Gasteiger partial charge on any atom is 0.275 e. The van der Waals surface area contributed by atoms with Crippen LogP contribution in [0.2, 0.25) is 0 Å². The zero-order chi connectivity index (χ0) is 18.6. The summed E-state index contributed by atoms with van der Waals surface area (Å²) in [6.45, 7) is 3.79. The number of carbonyl (C=O) groups excluding carboxylic acids is 1. The van der Waals surface area contributed by atoms with E-state index in [1.54, 1.807) is 29.9 Å². The summed E-state index contributed by atoms with van der Waals surface area (Å²) >= 11 is 0. The average molecular weight is 366 g/mol. The molecular formula is C19H19FN6O. The lowest BCUT2D eigenvalue weighted by Crippen LogP contribution is -2.32. The zero-order valence-corrected chi connectivity index (χ0v) is 14.9. The van der Waals surface area contributed by atoms with Crippen LogP contribution in [0.1, 0.15) is 34.7 Å². The number of amides is 1. The number of carbonyl (C=O) groups is 1. The van der Waals surface area contributed by atoms with Crippen molar-refractivity contribution in [2.75, 3.05) is 18.4 Å². The van der Waals surface area contributed by atoms with Crippen molar-refractivity contribution < 1.29 is 9.18 Å². The quantitative estimate of drug-likeness (QED) is 0.741. The van der Waals surface area contributed by atoms with Crippen molar-refractivity contribution in [1.82, 2.24) is 24.7 Å². The number of hydrogen-bond acceptors (Lipinski definition) is 5. The summed E-state index contributed by atoms with van der Waals surface area (Å²) in [5.74, 6) is -0.291. The number of piperidine rings is 1. The van der Waals surface area contributed by atoms with Crippen molar-refractivity contribution in [2.24, 2.45) is 5.92 Å². The summed E-state index contributed by atoms with van der Waals surface area (Å²) in [5, 5.41) is 6.08. The topological polar surface area (TPSA) is 84.2 Å². The highest BCUT2D eigenvalue weighted by atomic mass is 19.1. The van der Waals surface area contributed by atoms with Crippen molar-refractivity contribution in [1.29, 1.82) is 0 Å². The van der Waals surface area contributed by atoms with Gasteiger partial charge in [0.25, 0.3) is 5.91 Å². The van der Waals surface area contributed by atoms with Crippen LogP contribution < -0.4 is 10.6 Å². The number of hydrogen-bond donors (Lipinski definition) is 2. The Morgan fingerprint density at radius 1 is 1.37 bits per heavy atom. The van der Waals surface area contributed by atoms with Crippen molar-refractivity contribution in [3.05, 3.63) is 53.8 Å². The van der Waals surface area contributed by atoms with Gasteiger partial charge in [-0.2, -0.15) is 0 Å². The Morgan fingerprint density at radius 3 is 3.04 bits per heavy atom. The minimum Gasteiger partial charge on any atom is -0.319 e. The molecule has 0 radical (unpaired) electrons. The SMILES string of the molecule is Cc1cn2cc(NC(=O)c3cnc(C45CCNCC4C5)cn3)cc(F)c2n1. The van der Waals surface area contributed by atoms with Crippen molar-refractivity contribution in [3.8, 4) is 0 Å². The van der Waals surface area contributed by atoms with E-state index in [1.165, 1.54) is 12.3 Å². The van der Waals surface area contributed by atoms with Crippen LogP contribution in [-0.2, 0) is 5.41 Å². The Hall–Kier alpha value is -2.87. The fourth-order valence-electron chi connectivity index (χ4n) is 4.13. The van der Waals surface area contributed by atoms with E-state index >= 15 is 0 Å². The van der Waals surface area contributed by atoms with E-state index in [0.717, 1.165) is 31.6 Å². The Kier molecular flexibility index (Phi) is 3.51. The Labute approximate surface area is 155 Å². The standard InChI is InChI=1S/C19H19FN6O/c1-11-9-26-10-13(4-14(20)17(26)24-11)25-18(27)15-7-23-16(8-22-15)19-2-3-21-6-12(19)5-19/h4,7-10,12,21H,2-3,5-6H2,1H3,(H,25,27). The number of aryl methyl sites for hydroxylation is 1. The third kappa shape index (κ3) is 2.68. The number of halogens is 1. The van der Waals surface area contributed by atoms with Crippen LogP contribution in [0.3, 0.4) is 0 Å². The molecule has 3 aromatic heterocycles. The monoisotopic (exact) mass is 366 g/mol. The molecule has 0 bridgehead atoms. The molecular weight excluding hydrogens is 347 g/mol. The number of anilines is 1. The molecule has 1 saturated heterocycles. The van der Waals surface area contributed by atoms with E-state index in [4.69, 9.17) is 0 Å². The highest BCUT2D eigenvalue weighted by Crippen LogP contribution is 2.56. The van der Waals surface area contributed by atoms with Gasteiger partial charge in [0.1, 0.15) is 5.69 Å². The third-order valence-electron chi connectivity index (χ3n) is 5.65. The predicted octanol–water partition coefficient (Wildman–Crippen LogP) is 2.08. The largest absolute Gasteiger partial charge is 0.319 e. The molecule has 2 fully saturated rings. The lowest BCUT2D eigenvalue weighted by Gasteiger charge is -2.21. The Balaban J connectivity index is 1.35. The number of nitrogens with zero attached hydrogens (tertiary/aromatic N) is 4. The fourth-order valence-corrected chi connectivity index (χ4v) is 4.13. The van der Waals surface area contributed by atoms with Gasteiger partial charge in [-0.25, -0.2) is 14.4 Å². The summed E-state index contributed by atoms with van der Waals surface area (Å²) in [5.41, 5.74) is 2.59. The first-order valence-corrected chi connectivity index (χ1v) is 9.05. The Morgan fingerprint density at radius 2 is 2.26 bits per heavy atom. The number of rotatable bonds is 3. The minimum atomic E-state index is -0.493. The van der Waals surface area contributed by atoms with Crippen LogP contribution in [0.5, 0.6) is 0 Å². The normalized spacial score (nSPS) is 23.9. The van der Waals surface area contributed by atoms with Crippen molar-refractivity contribution in [3.63, 3.8) is 0 Å². The molecule has 1 aliphatic carbocycles. The summed E-state index contributed by atoms with van der Waals surface area (Å²) in [6, 6.07) is 1.25. The number of fused-ring (bicyclic) bond motifs is 2. The zero-order valence-electron chi connectivity index (χ0n) is 14.9. The first kappa shape index (κ1) is 16.3. The fraction of sp³-hybridized carbons (Fsp3) is 0.368. The van der Waals surface area contributed by atoms with Crippen LogP contribution in [0, 0.1) is 18.7 Å². The van der Waals surface area contributed by atoms with Crippen molar-refractivity contribution >= 4 is 17.2 Å². The second-order valence-corrected chi connectivity index (χ2v) is 7.44. The smallest absolute Gasteiger partial charge is 0.275 e. The van der Waals surface area contributed by atoms with Gasteiger partial charge >= 0.3 is 0 Å². The summed E-state index contributed by atoms with van der Waals surface area (Å²) in [4.78, 5) is 25.4. The molecule has 7 nitrogen and oxygen atoms in total. The molecule has 2 unspecified atom stereocenters. The van der Waals surface area contributed by atoms with Crippen LogP contribution in [0.15, 0.2) is 30.9 Å². The van der Waals surface area contributed by atoms with Crippen LogP contribution in [0.25, 0.3) is 5.65 Å². The van der Waals surface area contributed by atoms with Crippen LogP contribution in [-0.4, -0.2) is 38.3 Å². The highest BCUT2D eigenvalue weighted by Gasteiger charge is 2.57. The van der Waals surface area contributed by atoms with Gasteiger partial charge in [-0.05, 0) is 38.8 Å². The molecule has 8 heteroatoms. The van der Waals surface area contributed by atoms with Gasteiger partial charge in [0.2, 0.25) is 0 Å². The molecule has 1 aliphatic heterocycles. The van der Waals surface area contributed by atoms with Gasteiger partial charge in [-0.3, -0.25) is 9.78 Å². The van der Waals surface area contributed by atoms with Gasteiger partial charge in [-0.15, -0.1) is 0 Å². The molecule has 5 rings (SSSR count). The summed E-state index contributed by atoms with van der Waals surface area (Å²) in [6.07, 6.45) is 8.73. The van der Waals surface area contributed by atoms with E-state index in [9.17, 15) is 9.18 Å². The van der Waals surface area contributed by atoms with Crippen molar-refractivity contribution in [2.45, 2.75) is 25.2 Å². The predicted molar refractivity (Wildman–Crippen MR) is 97.1 cm³/mol. The van der Waals surface area contributed by atoms with E-state index in [2.05, 4.69) is 25.6 Å². The maximum absolute atomic E-state index is 14.2. The van der Waals surface area contributed by atoms with E-state index < -0.39 is 11.7 Å². The molecule has 0 aromatic carbocycles. The molecule has 1 amide bonds. The van der Waals surface area contributed by atoms with Gasteiger partial charge in [0.05, 0.1) is 23.3 Å². The molecule has 0 spiro atoms. The van der Waals surface area contributed by atoms with E-state index in [0.29, 0.717) is 17.3 Å². The van der Waals surface area contributed by atoms with Gasteiger partial charge in [-0.1, -0.05) is 0 Å². The number of pyridine rings is 1. The second kappa shape index (κ2) is 5.82. The Bertz CT molecular complexity index is 1050. The lowest BCUT2D eigenvalue weighted by molar-refractivity contribution is 0.102. The van der Waals surface area contributed by atoms with Crippen LogP contribution in [0.4, 0.5) is 10.1 Å². The molecule has 2 atom stereocenters. The van der Waals surface area contributed by atoms with Gasteiger partial charge in [0, 0.05) is 30.1 Å². The molecule has 4 heterocycles. The average Bonchev–Trinajstić information content (AvgIpc) is 3.30. The number of aromatic nitrogens is 4. The number of imidazole rings is 1. The first-order valence-electron chi connectivity index (χ1n) is 9.05. The highest BCUT2D eigenvalue weighted by molar-refractivity contribution is 6.02. The first-order chi connectivity index (χ1) is 13.0. The maximum atomic E-state index is 14.2. The van der Waals surface area contributed by atoms with Gasteiger partial charge < -0.3 is 15.0 Å². The minimum absolute atomic E-state index is 0.140. The van der Waals surface area contributed by atoms with Gasteiger partial charge in [0.15, 0.2) is 11.5 Å². The third-order valence-corrected chi connectivity index (χ3v) is 5.65. The molecule has 138 valence electrons. The molecule has 3 aromatic rings. The summed E-state index contributed by atoms with van der Waals surface area (Å²) < 4.78 is 15.7. The lowest BCUT2D eigenvalue weighted by atomic mass is 9.93. The number of nitrogens with one attached hydrogen (secondary N) is 2. The van der Waals surface area contributed by atoms with E-state index in [1.807, 2.05) is 0 Å². The van der Waals surface area contributed by atoms with Crippen LogP contribution >= 0.6 is 0 Å². The van der Waals surface area contributed by atoms with E-state index in [-0.39, 0.29) is 16.8 Å². The molecule has 1 saturated carbocycles. The molecule has 27 heavy (non-hydrogen) atoms. The molecule has 2 N–H and O–H groups in total. The second-order valence-electron chi connectivity index (χ2n) is 7.44. The molecule has 2 aliphatic rings. The summed E-state index contributed by atoms with van der Waals surface area (Å²) in [7, 11) is 0.